The fourth-order valence-corrected chi connectivity index (χ4v) is 3.30. The molecule has 1 aromatic heterocycles. The number of thioether (sulfide) groups is 1. The Bertz CT molecular complexity index is 893. The second-order valence-electron chi connectivity index (χ2n) is 5.18. The Morgan fingerprint density at radius 3 is 2.82 bits per heavy atom. The summed E-state index contributed by atoms with van der Waals surface area (Å²) in [7, 11) is 0. The van der Waals surface area contributed by atoms with Gasteiger partial charge in [-0.15, -0.1) is 0 Å². The maximum Gasteiger partial charge on any atom is 0.224 e. The molecule has 28 heavy (non-hydrogen) atoms. The number of aromatic nitrogens is 3. The molecule has 1 aromatic carbocycles. The van der Waals surface area contributed by atoms with Gasteiger partial charge in [-0.2, -0.15) is 15.2 Å². The summed E-state index contributed by atoms with van der Waals surface area (Å²) in [6.07, 6.45) is 0.222. The van der Waals surface area contributed by atoms with E-state index in [9.17, 15) is 4.79 Å². The highest BCUT2D eigenvalue weighted by atomic mass is 35.5. The van der Waals surface area contributed by atoms with E-state index in [2.05, 4.69) is 20.3 Å². The standard InChI is InChI=1S/C16H16Cl2N6O3S/c17-10-8-11(18)12(27-5-2-19)7-9(10)14-22-15(20)24-16(23-14)28-6-1-13(26)21-3-4-25/h7-8,25H,1,3-6H2,(H,21,26)(H2,20,22,23,24). The van der Waals surface area contributed by atoms with Crippen molar-refractivity contribution in [3.8, 4) is 23.2 Å². The number of aliphatic hydroxyl groups is 1. The Morgan fingerprint density at radius 1 is 1.32 bits per heavy atom. The Morgan fingerprint density at radius 2 is 2.11 bits per heavy atom. The molecule has 0 aliphatic rings. The number of rotatable bonds is 9. The predicted octanol–water partition coefficient (Wildman–Crippen LogP) is 1.92. The van der Waals surface area contributed by atoms with Gasteiger partial charge >= 0.3 is 0 Å². The zero-order valence-electron chi connectivity index (χ0n) is 14.5. The number of nitrogen functional groups attached to an aromatic ring is 1. The summed E-state index contributed by atoms with van der Waals surface area (Å²) in [6.45, 7) is -0.0919. The minimum atomic E-state index is -0.191. The summed E-state index contributed by atoms with van der Waals surface area (Å²) < 4.78 is 5.27. The third-order valence-electron chi connectivity index (χ3n) is 3.18. The van der Waals surface area contributed by atoms with E-state index in [1.807, 2.05) is 6.07 Å². The zero-order valence-corrected chi connectivity index (χ0v) is 16.8. The van der Waals surface area contributed by atoms with Crippen molar-refractivity contribution in [3.63, 3.8) is 0 Å². The van der Waals surface area contributed by atoms with Crippen LogP contribution in [0.1, 0.15) is 6.42 Å². The number of nitrogens with one attached hydrogen (secondary N) is 1. The summed E-state index contributed by atoms with van der Waals surface area (Å²) in [5, 5.41) is 20.8. The second kappa shape index (κ2) is 10.9. The van der Waals surface area contributed by atoms with Crippen LogP contribution in [-0.2, 0) is 4.79 Å². The second-order valence-corrected chi connectivity index (χ2v) is 7.06. The molecule has 1 amide bonds. The molecule has 1 heterocycles. The van der Waals surface area contributed by atoms with Crippen molar-refractivity contribution in [2.24, 2.45) is 0 Å². The van der Waals surface area contributed by atoms with Crippen LogP contribution in [0.3, 0.4) is 0 Å². The van der Waals surface area contributed by atoms with E-state index in [-0.39, 0.29) is 59.7 Å². The topological polar surface area (TPSA) is 147 Å². The highest BCUT2D eigenvalue weighted by molar-refractivity contribution is 7.99. The molecule has 0 bridgehead atoms. The van der Waals surface area contributed by atoms with Gasteiger partial charge in [0.05, 0.1) is 16.7 Å². The van der Waals surface area contributed by atoms with Crippen LogP contribution in [-0.4, -0.2) is 51.5 Å². The minimum absolute atomic E-state index is 0.0114. The predicted molar refractivity (Wildman–Crippen MR) is 106 cm³/mol. The van der Waals surface area contributed by atoms with Gasteiger partial charge < -0.3 is 20.9 Å². The SMILES string of the molecule is N#CCOc1cc(-c2nc(N)nc(SCCC(=O)NCCO)n2)c(Cl)cc1Cl. The zero-order chi connectivity index (χ0) is 20.5. The van der Waals surface area contributed by atoms with Crippen molar-refractivity contribution in [1.82, 2.24) is 20.3 Å². The Balaban J connectivity index is 2.18. The Hall–Kier alpha value is -2.32. The molecule has 0 radical (unpaired) electrons. The maximum absolute atomic E-state index is 11.6. The number of hydrogen-bond acceptors (Lipinski definition) is 9. The fourth-order valence-electron chi connectivity index (χ4n) is 2.00. The number of hydrogen-bond donors (Lipinski definition) is 3. The number of nitriles is 1. The van der Waals surface area contributed by atoms with E-state index in [0.29, 0.717) is 16.5 Å². The lowest BCUT2D eigenvalue weighted by Gasteiger charge is -2.10. The van der Waals surface area contributed by atoms with Gasteiger partial charge in [0.25, 0.3) is 0 Å². The number of ether oxygens (including phenoxy) is 1. The summed E-state index contributed by atoms with van der Waals surface area (Å²) in [4.78, 5) is 24.0. The van der Waals surface area contributed by atoms with Crippen molar-refractivity contribution >= 4 is 46.8 Å². The van der Waals surface area contributed by atoms with Crippen LogP contribution in [0.15, 0.2) is 17.3 Å². The molecular weight excluding hydrogens is 427 g/mol. The number of amides is 1. The normalized spacial score (nSPS) is 10.4. The number of nitrogens with two attached hydrogens (primary N) is 1. The van der Waals surface area contributed by atoms with Crippen molar-refractivity contribution < 1.29 is 14.6 Å². The number of nitrogens with zero attached hydrogens (tertiary/aromatic N) is 4. The molecule has 0 saturated heterocycles. The van der Waals surface area contributed by atoms with Crippen LogP contribution in [0.5, 0.6) is 5.75 Å². The molecule has 4 N–H and O–H groups in total. The number of halogens is 2. The molecule has 0 fully saturated rings. The molecular formula is C16H16Cl2N6O3S. The van der Waals surface area contributed by atoms with Gasteiger partial charge in [-0.05, 0) is 12.1 Å². The van der Waals surface area contributed by atoms with Gasteiger partial charge in [-0.1, -0.05) is 35.0 Å². The summed E-state index contributed by atoms with van der Waals surface area (Å²) in [6, 6.07) is 4.84. The number of benzene rings is 1. The van der Waals surface area contributed by atoms with E-state index in [4.69, 9.17) is 44.0 Å². The first kappa shape index (κ1) is 22.0. The van der Waals surface area contributed by atoms with E-state index >= 15 is 0 Å². The quantitative estimate of drug-likeness (QED) is 0.495. The van der Waals surface area contributed by atoms with Gasteiger partial charge in [0, 0.05) is 24.3 Å². The molecule has 2 rings (SSSR count). The average molecular weight is 443 g/mol. The maximum atomic E-state index is 11.6. The van der Waals surface area contributed by atoms with Gasteiger partial charge in [0.15, 0.2) is 17.6 Å². The van der Waals surface area contributed by atoms with Crippen molar-refractivity contribution in [1.29, 1.82) is 5.26 Å². The van der Waals surface area contributed by atoms with Crippen LogP contribution in [0.2, 0.25) is 10.0 Å². The molecule has 9 nitrogen and oxygen atoms in total. The molecule has 0 spiro atoms. The highest BCUT2D eigenvalue weighted by Gasteiger charge is 2.15. The van der Waals surface area contributed by atoms with E-state index in [1.165, 1.54) is 23.9 Å². The molecule has 148 valence electrons. The summed E-state index contributed by atoms with van der Waals surface area (Å²) in [5.41, 5.74) is 6.18. The number of anilines is 1. The van der Waals surface area contributed by atoms with Crippen molar-refractivity contribution in [3.05, 3.63) is 22.2 Å². The van der Waals surface area contributed by atoms with Gasteiger partial charge in [0.1, 0.15) is 11.8 Å². The molecule has 0 atom stereocenters. The fraction of sp³-hybridized carbons (Fsp3) is 0.312. The highest BCUT2D eigenvalue weighted by Crippen LogP contribution is 2.36. The smallest absolute Gasteiger partial charge is 0.224 e. The molecule has 0 unspecified atom stereocenters. The van der Waals surface area contributed by atoms with E-state index < -0.39 is 0 Å². The van der Waals surface area contributed by atoms with Gasteiger partial charge in [0.2, 0.25) is 11.9 Å². The number of aliphatic hydroxyl groups excluding tert-OH is 1. The van der Waals surface area contributed by atoms with Crippen LogP contribution in [0.4, 0.5) is 5.95 Å². The average Bonchev–Trinajstić information content (AvgIpc) is 2.65. The first-order valence-electron chi connectivity index (χ1n) is 7.95. The summed E-state index contributed by atoms with van der Waals surface area (Å²) in [5.74, 6) is 0.677. The Labute approximate surface area is 175 Å². The summed E-state index contributed by atoms with van der Waals surface area (Å²) >= 11 is 13.5. The van der Waals surface area contributed by atoms with E-state index in [0.717, 1.165) is 0 Å². The third-order valence-corrected chi connectivity index (χ3v) is 4.64. The van der Waals surface area contributed by atoms with Gasteiger partial charge in [-0.25, -0.2) is 4.98 Å². The van der Waals surface area contributed by atoms with Crippen LogP contribution >= 0.6 is 35.0 Å². The molecule has 0 aliphatic carbocycles. The lowest BCUT2D eigenvalue weighted by molar-refractivity contribution is -0.120. The van der Waals surface area contributed by atoms with Crippen LogP contribution < -0.4 is 15.8 Å². The lowest BCUT2D eigenvalue weighted by atomic mass is 10.2. The number of carbonyl (C=O) groups is 1. The molecule has 2 aromatic rings. The van der Waals surface area contributed by atoms with E-state index in [1.54, 1.807) is 0 Å². The first-order valence-corrected chi connectivity index (χ1v) is 9.69. The van der Waals surface area contributed by atoms with Crippen molar-refractivity contribution in [2.45, 2.75) is 11.6 Å². The number of carbonyl (C=O) groups excluding carboxylic acids is 1. The van der Waals surface area contributed by atoms with Crippen molar-refractivity contribution in [2.75, 3.05) is 31.2 Å². The minimum Gasteiger partial charge on any atom is -0.477 e. The van der Waals surface area contributed by atoms with Gasteiger partial charge in [-0.3, -0.25) is 4.79 Å². The molecule has 0 aliphatic heterocycles. The monoisotopic (exact) mass is 442 g/mol. The third kappa shape index (κ3) is 6.38. The molecule has 0 saturated carbocycles. The van der Waals surface area contributed by atoms with Crippen LogP contribution in [0.25, 0.3) is 11.4 Å². The first-order chi connectivity index (χ1) is 13.4. The largest absolute Gasteiger partial charge is 0.477 e. The van der Waals surface area contributed by atoms with Crippen LogP contribution in [0, 0.1) is 11.3 Å². The lowest BCUT2D eigenvalue weighted by Crippen LogP contribution is -2.26. The molecule has 12 heteroatoms. The Kier molecular flexibility index (Phi) is 8.53.